The average molecular weight is 191 g/mol. The fourth-order valence-electron chi connectivity index (χ4n) is 1.53. The lowest BCUT2D eigenvalue weighted by atomic mass is 10.1. The van der Waals surface area contributed by atoms with Gasteiger partial charge in [0.25, 0.3) is 0 Å². The highest BCUT2D eigenvalue weighted by atomic mass is 16.3. The molecule has 0 aliphatic heterocycles. The van der Waals surface area contributed by atoms with Crippen LogP contribution in [0.25, 0.3) is 11.0 Å². The van der Waals surface area contributed by atoms with Crippen LogP contribution in [0.15, 0.2) is 28.9 Å². The third-order valence-electron chi connectivity index (χ3n) is 2.12. The van der Waals surface area contributed by atoms with E-state index in [4.69, 9.17) is 4.42 Å². The van der Waals surface area contributed by atoms with Crippen LogP contribution in [0, 0.1) is 0 Å². The molecule has 1 aromatic carbocycles. The molecule has 0 bridgehead atoms. The molecule has 74 valence electrons. The molecule has 0 saturated heterocycles. The number of aromatic hydroxyl groups is 1. The lowest BCUT2D eigenvalue weighted by Gasteiger charge is -2.06. The fourth-order valence-corrected chi connectivity index (χ4v) is 1.53. The molecule has 0 unspecified atom stereocenters. The molecule has 1 heterocycles. The standard InChI is InChI=1S/C11H13NO2/c1-12(2)6-8-7-14-11-4-3-9(13)5-10(8)11/h3-5,7,13H,6H2,1-2H3. The van der Waals surface area contributed by atoms with Crippen LogP contribution >= 0.6 is 0 Å². The van der Waals surface area contributed by atoms with Crippen molar-refractivity contribution in [3.8, 4) is 5.75 Å². The van der Waals surface area contributed by atoms with E-state index in [2.05, 4.69) is 4.90 Å². The van der Waals surface area contributed by atoms with Crippen LogP contribution in [0.4, 0.5) is 0 Å². The zero-order valence-electron chi connectivity index (χ0n) is 8.32. The van der Waals surface area contributed by atoms with E-state index in [-0.39, 0.29) is 5.75 Å². The lowest BCUT2D eigenvalue weighted by molar-refractivity contribution is 0.401. The van der Waals surface area contributed by atoms with Crippen molar-refractivity contribution in [1.82, 2.24) is 4.90 Å². The second kappa shape index (κ2) is 3.35. The topological polar surface area (TPSA) is 36.6 Å². The van der Waals surface area contributed by atoms with E-state index in [9.17, 15) is 5.11 Å². The van der Waals surface area contributed by atoms with Gasteiger partial charge in [0.2, 0.25) is 0 Å². The van der Waals surface area contributed by atoms with Gasteiger partial charge in [-0.05, 0) is 32.3 Å². The van der Waals surface area contributed by atoms with Gasteiger partial charge >= 0.3 is 0 Å². The van der Waals surface area contributed by atoms with Crippen molar-refractivity contribution >= 4 is 11.0 Å². The Hall–Kier alpha value is -1.48. The van der Waals surface area contributed by atoms with E-state index in [1.165, 1.54) is 0 Å². The molecule has 3 nitrogen and oxygen atoms in total. The zero-order valence-corrected chi connectivity index (χ0v) is 8.32. The Balaban J connectivity index is 2.50. The number of furan rings is 1. The molecule has 0 atom stereocenters. The van der Waals surface area contributed by atoms with Gasteiger partial charge in [-0.15, -0.1) is 0 Å². The van der Waals surface area contributed by atoms with E-state index < -0.39 is 0 Å². The van der Waals surface area contributed by atoms with E-state index in [0.717, 1.165) is 23.1 Å². The number of nitrogens with zero attached hydrogens (tertiary/aromatic N) is 1. The van der Waals surface area contributed by atoms with Crippen LogP contribution in [-0.2, 0) is 6.54 Å². The maximum absolute atomic E-state index is 9.35. The lowest BCUT2D eigenvalue weighted by Crippen LogP contribution is -2.09. The highest BCUT2D eigenvalue weighted by Crippen LogP contribution is 2.25. The van der Waals surface area contributed by atoms with Crippen molar-refractivity contribution in [3.63, 3.8) is 0 Å². The van der Waals surface area contributed by atoms with Gasteiger partial charge in [0.15, 0.2) is 0 Å². The summed E-state index contributed by atoms with van der Waals surface area (Å²) < 4.78 is 5.37. The Kier molecular flexibility index (Phi) is 2.17. The summed E-state index contributed by atoms with van der Waals surface area (Å²) in [6.45, 7) is 0.816. The maximum atomic E-state index is 9.35. The summed E-state index contributed by atoms with van der Waals surface area (Å²) in [5, 5.41) is 10.3. The Labute approximate surface area is 82.6 Å². The molecule has 0 aliphatic rings. The highest BCUT2D eigenvalue weighted by Gasteiger charge is 2.06. The minimum Gasteiger partial charge on any atom is -0.508 e. The smallest absolute Gasteiger partial charge is 0.134 e. The van der Waals surface area contributed by atoms with Crippen molar-refractivity contribution in [2.75, 3.05) is 14.1 Å². The zero-order chi connectivity index (χ0) is 10.1. The van der Waals surface area contributed by atoms with E-state index >= 15 is 0 Å². The summed E-state index contributed by atoms with van der Waals surface area (Å²) in [4.78, 5) is 2.06. The molecule has 0 spiro atoms. The number of hydrogen-bond donors (Lipinski definition) is 1. The third-order valence-corrected chi connectivity index (χ3v) is 2.12. The fraction of sp³-hybridized carbons (Fsp3) is 0.273. The predicted molar refractivity (Wildman–Crippen MR) is 55.3 cm³/mol. The van der Waals surface area contributed by atoms with Crippen LogP contribution in [-0.4, -0.2) is 24.1 Å². The van der Waals surface area contributed by atoms with Gasteiger partial charge in [-0.3, -0.25) is 0 Å². The van der Waals surface area contributed by atoms with Crippen molar-refractivity contribution < 1.29 is 9.52 Å². The molecule has 2 aromatic rings. The summed E-state index contributed by atoms with van der Waals surface area (Å²) in [6.07, 6.45) is 1.74. The van der Waals surface area contributed by atoms with Crippen LogP contribution in [0.1, 0.15) is 5.56 Å². The number of hydrogen-bond acceptors (Lipinski definition) is 3. The largest absolute Gasteiger partial charge is 0.508 e. The normalized spacial score (nSPS) is 11.4. The molecule has 1 N–H and O–H groups in total. The van der Waals surface area contributed by atoms with Gasteiger partial charge < -0.3 is 14.4 Å². The van der Waals surface area contributed by atoms with Gasteiger partial charge in [0.05, 0.1) is 6.26 Å². The van der Waals surface area contributed by atoms with Crippen LogP contribution in [0.3, 0.4) is 0 Å². The molecule has 0 amide bonds. The molecule has 0 fully saturated rings. The Morgan fingerprint density at radius 1 is 1.36 bits per heavy atom. The molecular weight excluding hydrogens is 178 g/mol. The predicted octanol–water partition coefficient (Wildman–Crippen LogP) is 2.20. The summed E-state index contributed by atoms with van der Waals surface area (Å²) in [5.41, 5.74) is 1.92. The molecular formula is C11H13NO2. The van der Waals surface area contributed by atoms with Crippen LogP contribution in [0.5, 0.6) is 5.75 Å². The highest BCUT2D eigenvalue weighted by molar-refractivity contribution is 5.82. The van der Waals surface area contributed by atoms with Gasteiger partial charge in [-0.1, -0.05) is 0 Å². The van der Waals surface area contributed by atoms with Gasteiger partial charge in [0.1, 0.15) is 11.3 Å². The molecule has 0 saturated carbocycles. The summed E-state index contributed by atoms with van der Waals surface area (Å²) in [6, 6.07) is 5.15. The molecule has 2 rings (SSSR count). The van der Waals surface area contributed by atoms with Gasteiger partial charge in [-0.25, -0.2) is 0 Å². The maximum Gasteiger partial charge on any atom is 0.134 e. The SMILES string of the molecule is CN(C)Cc1coc2ccc(O)cc12. The van der Waals surface area contributed by atoms with Crippen LogP contribution < -0.4 is 0 Å². The second-order valence-electron chi connectivity index (χ2n) is 3.68. The van der Waals surface area contributed by atoms with Crippen molar-refractivity contribution in [2.45, 2.75) is 6.54 Å². The first-order valence-corrected chi connectivity index (χ1v) is 4.50. The number of phenols is 1. The summed E-state index contributed by atoms with van der Waals surface area (Å²) in [5.74, 6) is 0.277. The monoisotopic (exact) mass is 191 g/mol. The number of rotatable bonds is 2. The molecule has 1 aromatic heterocycles. The number of phenolic OH excluding ortho intramolecular Hbond substituents is 1. The average Bonchev–Trinajstić information content (AvgIpc) is 2.47. The first kappa shape index (κ1) is 9.09. The molecule has 0 radical (unpaired) electrons. The van der Waals surface area contributed by atoms with E-state index in [1.807, 2.05) is 14.1 Å². The first-order valence-electron chi connectivity index (χ1n) is 4.50. The second-order valence-corrected chi connectivity index (χ2v) is 3.68. The van der Waals surface area contributed by atoms with Gasteiger partial charge in [-0.2, -0.15) is 0 Å². The number of fused-ring (bicyclic) bond motifs is 1. The van der Waals surface area contributed by atoms with E-state index in [1.54, 1.807) is 24.5 Å². The van der Waals surface area contributed by atoms with Crippen molar-refractivity contribution in [2.24, 2.45) is 0 Å². The summed E-state index contributed by atoms with van der Waals surface area (Å²) >= 11 is 0. The molecule has 14 heavy (non-hydrogen) atoms. The van der Waals surface area contributed by atoms with Crippen LogP contribution in [0.2, 0.25) is 0 Å². The minimum atomic E-state index is 0.277. The minimum absolute atomic E-state index is 0.277. The third kappa shape index (κ3) is 1.59. The number of benzene rings is 1. The Morgan fingerprint density at radius 3 is 2.86 bits per heavy atom. The quantitative estimate of drug-likeness (QED) is 0.790. The molecule has 3 heteroatoms. The van der Waals surface area contributed by atoms with Gasteiger partial charge in [0, 0.05) is 17.5 Å². The van der Waals surface area contributed by atoms with E-state index in [0.29, 0.717) is 0 Å². The first-order chi connectivity index (χ1) is 6.66. The Bertz CT molecular complexity index is 445. The van der Waals surface area contributed by atoms with Crippen molar-refractivity contribution in [1.29, 1.82) is 0 Å². The molecule has 0 aliphatic carbocycles. The summed E-state index contributed by atoms with van der Waals surface area (Å²) in [7, 11) is 4.00. The Morgan fingerprint density at radius 2 is 2.14 bits per heavy atom. The van der Waals surface area contributed by atoms with Crippen molar-refractivity contribution in [3.05, 3.63) is 30.0 Å².